The number of carbonyl (C=O) groups is 2. The number of hydrogen-bond acceptors (Lipinski definition) is 2. The molecule has 0 atom stereocenters. The van der Waals surface area contributed by atoms with Crippen LogP contribution in [-0.2, 0) is 6.54 Å². The van der Waals surface area contributed by atoms with Gasteiger partial charge in [0.15, 0.2) is 0 Å². The Morgan fingerprint density at radius 2 is 1.88 bits per heavy atom. The smallest absolute Gasteiger partial charge is 0.363 e. The normalized spacial score (nSPS) is 10.7. The first-order valence-corrected chi connectivity index (χ1v) is 7.82. The maximum atomic E-state index is 12.5. The van der Waals surface area contributed by atoms with E-state index in [-0.39, 0.29) is 5.91 Å². The lowest BCUT2D eigenvalue weighted by Gasteiger charge is -2.03. The third-order valence-corrected chi connectivity index (χ3v) is 3.81. The number of fused-ring (bicyclic) bond motifs is 1. The van der Waals surface area contributed by atoms with Crippen molar-refractivity contribution in [3.8, 4) is 0 Å². The molecule has 6 nitrogen and oxygen atoms in total. The van der Waals surface area contributed by atoms with E-state index < -0.39 is 5.91 Å². The molecule has 2 amide bonds. The zero-order chi connectivity index (χ0) is 17.1. The van der Waals surface area contributed by atoms with Crippen molar-refractivity contribution in [2.75, 3.05) is 5.32 Å². The summed E-state index contributed by atoms with van der Waals surface area (Å²) in [6, 6.07) is 14.2. The van der Waals surface area contributed by atoms with Crippen LogP contribution in [0.1, 0.15) is 34.1 Å². The second-order valence-electron chi connectivity index (χ2n) is 5.54. The SMILES string of the molecule is CCC[n+]1c(NC(=O)c2cccc(C(N)=O)c2)[nH]c2ccccc21. The zero-order valence-electron chi connectivity index (χ0n) is 13.4. The Morgan fingerprint density at radius 3 is 2.62 bits per heavy atom. The minimum Gasteiger partial charge on any atom is -0.366 e. The van der Waals surface area contributed by atoms with Crippen LogP contribution in [0.5, 0.6) is 0 Å². The predicted octanol–water partition coefficient (Wildman–Crippen LogP) is 2.22. The van der Waals surface area contributed by atoms with Crippen LogP contribution in [-0.4, -0.2) is 16.8 Å². The molecule has 0 unspecified atom stereocenters. The number of anilines is 1. The molecule has 0 fully saturated rings. The Balaban J connectivity index is 1.94. The molecule has 3 rings (SSSR count). The Morgan fingerprint density at radius 1 is 1.12 bits per heavy atom. The third kappa shape index (κ3) is 2.99. The molecule has 24 heavy (non-hydrogen) atoms. The predicted molar refractivity (Wildman–Crippen MR) is 91.7 cm³/mol. The fourth-order valence-electron chi connectivity index (χ4n) is 2.68. The van der Waals surface area contributed by atoms with Crippen molar-refractivity contribution < 1.29 is 14.2 Å². The highest BCUT2D eigenvalue weighted by Gasteiger charge is 2.20. The first kappa shape index (κ1) is 15.7. The number of nitrogens with zero attached hydrogens (tertiary/aromatic N) is 1. The maximum Gasteiger partial charge on any atom is 0.363 e. The Hall–Kier alpha value is -3.15. The lowest BCUT2D eigenvalue weighted by Crippen LogP contribution is -2.37. The Labute approximate surface area is 139 Å². The molecule has 3 aromatic rings. The first-order valence-electron chi connectivity index (χ1n) is 7.82. The summed E-state index contributed by atoms with van der Waals surface area (Å²) in [5.74, 6) is -0.238. The van der Waals surface area contributed by atoms with E-state index in [0.717, 1.165) is 24.0 Å². The van der Waals surface area contributed by atoms with Gasteiger partial charge >= 0.3 is 11.9 Å². The van der Waals surface area contributed by atoms with E-state index in [0.29, 0.717) is 17.1 Å². The van der Waals surface area contributed by atoms with Crippen LogP contribution in [0.15, 0.2) is 48.5 Å². The number of hydrogen-bond donors (Lipinski definition) is 3. The van der Waals surface area contributed by atoms with Crippen molar-refractivity contribution in [2.45, 2.75) is 19.9 Å². The molecule has 0 spiro atoms. The molecule has 1 heterocycles. The van der Waals surface area contributed by atoms with Gasteiger partial charge in [0.25, 0.3) is 0 Å². The highest BCUT2D eigenvalue weighted by molar-refractivity contribution is 6.05. The van der Waals surface area contributed by atoms with E-state index in [2.05, 4.69) is 17.2 Å². The van der Waals surface area contributed by atoms with Gasteiger partial charge in [-0.2, -0.15) is 0 Å². The lowest BCUT2D eigenvalue weighted by molar-refractivity contribution is -0.656. The van der Waals surface area contributed by atoms with Crippen LogP contribution in [0, 0.1) is 0 Å². The number of para-hydroxylation sites is 2. The molecule has 0 aliphatic heterocycles. The van der Waals surface area contributed by atoms with Crippen molar-refractivity contribution in [3.63, 3.8) is 0 Å². The number of nitrogens with two attached hydrogens (primary N) is 1. The molecule has 6 heteroatoms. The summed E-state index contributed by atoms with van der Waals surface area (Å²) >= 11 is 0. The van der Waals surface area contributed by atoms with Gasteiger partial charge in [0.1, 0.15) is 11.0 Å². The molecule has 0 aliphatic carbocycles. The summed E-state index contributed by atoms with van der Waals surface area (Å²) in [6.45, 7) is 2.86. The van der Waals surface area contributed by atoms with Crippen LogP contribution < -0.4 is 15.6 Å². The van der Waals surface area contributed by atoms with Crippen LogP contribution in [0.4, 0.5) is 5.95 Å². The molecule has 1 aromatic heterocycles. The average Bonchev–Trinajstić information content (AvgIpc) is 2.93. The molecule has 2 aromatic carbocycles. The number of carbonyl (C=O) groups excluding carboxylic acids is 2. The standard InChI is InChI=1S/C18H18N4O2/c1-2-10-22-15-9-4-3-8-14(15)20-18(22)21-17(24)13-7-5-6-12(11-13)16(19)23/h3-9,11H,2,10H2,1H3,(H3,19,20,21,23,24)/p+1. The lowest BCUT2D eigenvalue weighted by atomic mass is 10.1. The number of H-pyrrole nitrogens is 1. The molecule has 122 valence electrons. The molecule has 0 saturated carbocycles. The number of primary amides is 1. The topological polar surface area (TPSA) is 91.9 Å². The third-order valence-electron chi connectivity index (χ3n) is 3.81. The Kier molecular flexibility index (Phi) is 4.29. The average molecular weight is 323 g/mol. The largest absolute Gasteiger partial charge is 0.366 e. The van der Waals surface area contributed by atoms with Gasteiger partial charge < -0.3 is 5.73 Å². The van der Waals surface area contributed by atoms with E-state index in [1.54, 1.807) is 18.2 Å². The summed E-state index contributed by atoms with van der Waals surface area (Å²) < 4.78 is 2.03. The summed E-state index contributed by atoms with van der Waals surface area (Å²) in [4.78, 5) is 27.0. The van der Waals surface area contributed by atoms with Crippen LogP contribution in [0.3, 0.4) is 0 Å². The van der Waals surface area contributed by atoms with Crippen LogP contribution in [0.2, 0.25) is 0 Å². The van der Waals surface area contributed by atoms with Crippen molar-refractivity contribution >= 4 is 28.8 Å². The molecule has 0 bridgehead atoms. The fraction of sp³-hybridized carbons (Fsp3) is 0.167. The summed E-state index contributed by atoms with van der Waals surface area (Å²) in [5.41, 5.74) is 7.94. The van der Waals surface area contributed by atoms with Gasteiger partial charge in [-0.1, -0.05) is 25.1 Å². The fourth-order valence-corrected chi connectivity index (χ4v) is 2.68. The number of amides is 2. The van der Waals surface area contributed by atoms with Gasteiger partial charge in [-0.25, -0.2) is 14.9 Å². The highest BCUT2D eigenvalue weighted by atomic mass is 16.2. The van der Waals surface area contributed by atoms with Crippen molar-refractivity contribution in [1.29, 1.82) is 0 Å². The van der Waals surface area contributed by atoms with Gasteiger partial charge in [-0.05, 0) is 36.8 Å². The first-order chi connectivity index (χ1) is 11.6. The van der Waals surface area contributed by atoms with Crippen molar-refractivity contribution in [3.05, 3.63) is 59.7 Å². The highest BCUT2D eigenvalue weighted by Crippen LogP contribution is 2.14. The van der Waals surface area contributed by atoms with E-state index in [9.17, 15) is 9.59 Å². The second-order valence-corrected chi connectivity index (χ2v) is 5.54. The Bertz CT molecular complexity index is 914. The summed E-state index contributed by atoms with van der Waals surface area (Å²) in [7, 11) is 0. The van der Waals surface area contributed by atoms with Gasteiger partial charge in [0, 0.05) is 5.56 Å². The number of aryl methyl sites for hydroxylation is 1. The number of aromatic nitrogens is 2. The number of imidazole rings is 1. The minimum atomic E-state index is -0.559. The molecule has 0 saturated heterocycles. The molecular weight excluding hydrogens is 304 g/mol. The van der Waals surface area contributed by atoms with E-state index in [4.69, 9.17) is 5.73 Å². The maximum absolute atomic E-state index is 12.5. The van der Waals surface area contributed by atoms with Gasteiger partial charge in [-0.3, -0.25) is 9.59 Å². The monoisotopic (exact) mass is 323 g/mol. The summed E-state index contributed by atoms with van der Waals surface area (Å²) in [5, 5.41) is 2.88. The molecular formula is C18H19N4O2+. The van der Waals surface area contributed by atoms with E-state index >= 15 is 0 Å². The van der Waals surface area contributed by atoms with Crippen LogP contribution >= 0.6 is 0 Å². The van der Waals surface area contributed by atoms with Gasteiger partial charge in [-0.15, -0.1) is 0 Å². The minimum absolute atomic E-state index is 0.297. The number of benzene rings is 2. The van der Waals surface area contributed by atoms with Crippen molar-refractivity contribution in [2.24, 2.45) is 5.73 Å². The molecule has 4 N–H and O–H groups in total. The number of aromatic amines is 1. The van der Waals surface area contributed by atoms with E-state index in [1.165, 1.54) is 6.07 Å². The van der Waals surface area contributed by atoms with E-state index in [1.807, 2.05) is 28.8 Å². The van der Waals surface area contributed by atoms with Gasteiger partial charge in [0.2, 0.25) is 5.91 Å². The second kappa shape index (κ2) is 6.54. The number of rotatable bonds is 5. The van der Waals surface area contributed by atoms with Gasteiger partial charge in [0.05, 0.1) is 12.1 Å². The number of nitrogens with one attached hydrogen (secondary N) is 2. The summed E-state index contributed by atoms with van der Waals surface area (Å²) in [6.07, 6.45) is 0.937. The van der Waals surface area contributed by atoms with Crippen LogP contribution in [0.25, 0.3) is 11.0 Å². The zero-order valence-corrected chi connectivity index (χ0v) is 13.4. The van der Waals surface area contributed by atoms with Crippen molar-refractivity contribution in [1.82, 2.24) is 4.98 Å². The molecule has 0 radical (unpaired) electrons. The molecule has 0 aliphatic rings. The quantitative estimate of drug-likeness (QED) is 0.628.